The van der Waals surface area contributed by atoms with Crippen molar-refractivity contribution in [2.24, 2.45) is 0 Å². The number of anilines is 1. The summed E-state index contributed by atoms with van der Waals surface area (Å²) in [5.74, 6) is 0.411. The van der Waals surface area contributed by atoms with E-state index >= 15 is 0 Å². The van der Waals surface area contributed by atoms with Gasteiger partial charge in [-0.25, -0.2) is 12.8 Å². The molecule has 1 aliphatic heterocycles. The minimum absolute atomic E-state index is 0.293. The number of piperazine rings is 1. The minimum atomic E-state index is -3.43. The third kappa shape index (κ3) is 3.78. The van der Waals surface area contributed by atoms with Gasteiger partial charge in [0.2, 0.25) is 0 Å². The maximum absolute atomic E-state index is 13.0. The second-order valence-corrected chi connectivity index (χ2v) is 9.99. The Hall–Kier alpha value is -2.36. The van der Waals surface area contributed by atoms with Crippen molar-refractivity contribution >= 4 is 27.2 Å². The molecule has 3 heterocycles. The molecule has 0 spiro atoms. The van der Waals surface area contributed by atoms with E-state index in [1.165, 1.54) is 27.8 Å². The molecule has 0 radical (unpaired) electrons. The van der Waals surface area contributed by atoms with Gasteiger partial charge in [-0.05, 0) is 55.5 Å². The Morgan fingerprint density at radius 3 is 2.21 bits per heavy atom. The quantitative estimate of drug-likeness (QED) is 0.651. The number of thiophene rings is 1. The van der Waals surface area contributed by atoms with Gasteiger partial charge in [0.15, 0.2) is 5.82 Å². The molecular weight excluding hydrogens is 399 g/mol. The lowest BCUT2D eigenvalue weighted by Gasteiger charge is -2.34. The van der Waals surface area contributed by atoms with Gasteiger partial charge in [-0.15, -0.1) is 21.5 Å². The van der Waals surface area contributed by atoms with E-state index < -0.39 is 10.0 Å². The van der Waals surface area contributed by atoms with Crippen molar-refractivity contribution < 1.29 is 12.8 Å². The van der Waals surface area contributed by atoms with Crippen molar-refractivity contribution in [2.45, 2.75) is 11.1 Å². The summed E-state index contributed by atoms with van der Waals surface area (Å²) in [5, 5.41) is 8.49. The normalized spacial score (nSPS) is 15.7. The number of sulfonamides is 1. The van der Waals surface area contributed by atoms with Gasteiger partial charge in [0.25, 0.3) is 10.0 Å². The van der Waals surface area contributed by atoms with Crippen molar-refractivity contribution in [3.63, 3.8) is 0 Å². The van der Waals surface area contributed by atoms with E-state index in [0.29, 0.717) is 41.9 Å². The van der Waals surface area contributed by atoms with Crippen LogP contribution in [-0.4, -0.2) is 49.1 Å². The molecule has 0 N–H and O–H groups in total. The smallest absolute Gasteiger partial charge is 0.252 e. The Balaban J connectivity index is 1.43. The van der Waals surface area contributed by atoms with Crippen LogP contribution in [0.1, 0.15) is 4.88 Å². The van der Waals surface area contributed by atoms with E-state index in [2.05, 4.69) is 10.2 Å². The van der Waals surface area contributed by atoms with E-state index in [1.807, 2.05) is 30.0 Å². The largest absolute Gasteiger partial charge is 0.352 e. The predicted molar refractivity (Wildman–Crippen MR) is 107 cm³/mol. The number of nitrogens with zero attached hydrogens (tertiary/aromatic N) is 4. The number of aromatic nitrogens is 2. The molecule has 0 bridgehead atoms. The first kappa shape index (κ1) is 19.0. The van der Waals surface area contributed by atoms with E-state index in [-0.39, 0.29) is 5.82 Å². The van der Waals surface area contributed by atoms with Gasteiger partial charge in [-0.3, -0.25) is 0 Å². The Bertz CT molecular complexity index is 1060. The SMILES string of the molecule is Cc1ccc(S(=O)(=O)N2CCN(c3ccc(-c4ccc(F)cc4)nn3)CC2)s1. The molecule has 0 amide bonds. The number of hydrogen-bond acceptors (Lipinski definition) is 6. The van der Waals surface area contributed by atoms with Crippen molar-refractivity contribution in [1.29, 1.82) is 0 Å². The van der Waals surface area contributed by atoms with E-state index in [0.717, 1.165) is 10.4 Å². The summed E-state index contributed by atoms with van der Waals surface area (Å²) in [6.45, 7) is 3.81. The lowest BCUT2D eigenvalue weighted by atomic mass is 10.1. The second-order valence-electron chi connectivity index (χ2n) is 6.54. The Morgan fingerprint density at radius 2 is 1.64 bits per heavy atom. The van der Waals surface area contributed by atoms with Gasteiger partial charge >= 0.3 is 0 Å². The standard InChI is InChI=1S/C19H19FN4O2S2/c1-14-2-9-19(27-14)28(25,26)24-12-10-23(11-13-24)18-8-7-17(21-22-18)15-3-5-16(20)6-4-15/h2-9H,10-13H2,1H3. The first-order chi connectivity index (χ1) is 13.4. The molecule has 3 aromatic rings. The van der Waals surface area contributed by atoms with E-state index in [9.17, 15) is 12.8 Å². The monoisotopic (exact) mass is 418 g/mol. The molecule has 1 aliphatic rings. The third-order valence-electron chi connectivity index (χ3n) is 4.66. The second kappa shape index (κ2) is 7.57. The zero-order chi connectivity index (χ0) is 19.7. The van der Waals surface area contributed by atoms with Gasteiger partial charge in [-0.1, -0.05) is 0 Å². The number of benzene rings is 1. The van der Waals surface area contributed by atoms with Gasteiger partial charge in [0, 0.05) is 36.6 Å². The minimum Gasteiger partial charge on any atom is -0.352 e. The summed E-state index contributed by atoms with van der Waals surface area (Å²) < 4.78 is 40.4. The summed E-state index contributed by atoms with van der Waals surface area (Å²) in [7, 11) is -3.43. The molecule has 0 atom stereocenters. The summed E-state index contributed by atoms with van der Waals surface area (Å²) >= 11 is 1.30. The first-order valence-electron chi connectivity index (χ1n) is 8.85. The van der Waals surface area contributed by atoms with E-state index in [4.69, 9.17) is 0 Å². The molecule has 0 aliphatic carbocycles. The van der Waals surface area contributed by atoms with Crippen LogP contribution in [0.4, 0.5) is 10.2 Å². The van der Waals surface area contributed by atoms with Gasteiger partial charge in [0.05, 0.1) is 5.69 Å². The number of aryl methyl sites for hydroxylation is 1. The fourth-order valence-corrected chi connectivity index (χ4v) is 5.96. The van der Waals surface area contributed by atoms with Crippen molar-refractivity contribution in [2.75, 3.05) is 31.1 Å². The zero-order valence-corrected chi connectivity index (χ0v) is 16.9. The van der Waals surface area contributed by atoms with Gasteiger partial charge < -0.3 is 4.90 Å². The predicted octanol–water partition coefficient (Wildman–Crippen LogP) is 3.16. The molecule has 1 aromatic carbocycles. The summed E-state index contributed by atoms with van der Waals surface area (Å²) in [5.41, 5.74) is 1.46. The fraction of sp³-hybridized carbons (Fsp3) is 0.263. The maximum atomic E-state index is 13.0. The first-order valence-corrected chi connectivity index (χ1v) is 11.1. The Labute approximate surface area is 167 Å². The van der Waals surface area contributed by atoms with E-state index in [1.54, 1.807) is 18.2 Å². The topological polar surface area (TPSA) is 66.4 Å². The number of rotatable bonds is 4. The van der Waals surface area contributed by atoms with Crippen LogP contribution < -0.4 is 4.90 Å². The highest BCUT2D eigenvalue weighted by Gasteiger charge is 2.30. The van der Waals surface area contributed by atoms with Crippen molar-refractivity contribution in [3.8, 4) is 11.3 Å². The van der Waals surface area contributed by atoms with Crippen LogP contribution >= 0.6 is 11.3 Å². The summed E-state index contributed by atoms with van der Waals surface area (Å²) in [6, 6.07) is 13.3. The molecule has 1 fully saturated rings. The third-order valence-corrected chi connectivity index (χ3v) is 8.03. The molecule has 2 aromatic heterocycles. The number of halogens is 1. The van der Waals surface area contributed by atoms with Gasteiger partial charge in [0.1, 0.15) is 10.0 Å². The maximum Gasteiger partial charge on any atom is 0.252 e. The van der Waals surface area contributed by atoms with Crippen LogP contribution in [0.15, 0.2) is 52.7 Å². The van der Waals surface area contributed by atoms with Crippen molar-refractivity contribution in [3.05, 3.63) is 59.2 Å². The van der Waals surface area contributed by atoms with Crippen molar-refractivity contribution in [1.82, 2.24) is 14.5 Å². The molecule has 1 saturated heterocycles. The molecule has 6 nitrogen and oxygen atoms in total. The molecule has 0 unspecified atom stereocenters. The molecule has 0 saturated carbocycles. The van der Waals surface area contributed by atoms with Crippen LogP contribution in [0.25, 0.3) is 11.3 Å². The lowest BCUT2D eigenvalue weighted by Crippen LogP contribution is -2.48. The highest BCUT2D eigenvalue weighted by Crippen LogP contribution is 2.26. The molecule has 9 heteroatoms. The van der Waals surface area contributed by atoms with Gasteiger partial charge in [-0.2, -0.15) is 4.31 Å². The molecule has 4 rings (SSSR count). The van der Waals surface area contributed by atoms with Crippen LogP contribution in [0.3, 0.4) is 0 Å². The average Bonchev–Trinajstić information content (AvgIpc) is 3.16. The Morgan fingerprint density at radius 1 is 0.929 bits per heavy atom. The number of hydrogen-bond donors (Lipinski definition) is 0. The zero-order valence-electron chi connectivity index (χ0n) is 15.2. The molecular formula is C19H19FN4O2S2. The highest BCUT2D eigenvalue weighted by molar-refractivity contribution is 7.91. The Kier molecular flexibility index (Phi) is 5.13. The molecule has 146 valence electrons. The summed E-state index contributed by atoms with van der Waals surface area (Å²) in [6.07, 6.45) is 0. The van der Waals surface area contributed by atoms with Crippen LogP contribution in [0.5, 0.6) is 0 Å². The lowest BCUT2D eigenvalue weighted by molar-refractivity contribution is 0.384. The average molecular weight is 419 g/mol. The summed E-state index contributed by atoms with van der Waals surface area (Å²) in [4.78, 5) is 3.00. The fourth-order valence-electron chi connectivity index (χ4n) is 3.10. The van der Waals surface area contributed by atoms with Crippen LogP contribution in [0, 0.1) is 12.7 Å². The molecule has 28 heavy (non-hydrogen) atoms. The van der Waals surface area contributed by atoms with Crippen LogP contribution in [-0.2, 0) is 10.0 Å². The highest BCUT2D eigenvalue weighted by atomic mass is 32.2. The van der Waals surface area contributed by atoms with Crippen LogP contribution in [0.2, 0.25) is 0 Å².